The van der Waals surface area contributed by atoms with Gasteiger partial charge in [0, 0.05) is 29.4 Å². The Balaban J connectivity index is 0.000000300. The summed E-state index contributed by atoms with van der Waals surface area (Å²) in [4.78, 5) is 9.72. The summed E-state index contributed by atoms with van der Waals surface area (Å²) in [6.07, 6.45) is 11.2. The Kier molecular flexibility index (Phi) is 8.09. The fourth-order valence-electron chi connectivity index (χ4n) is 5.11. The first-order chi connectivity index (χ1) is 15.7. The van der Waals surface area contributed by atoms with E-state index in [1.165, 1.54) is 63.8 Å². The van der Waals surface area contributed by atoms with Crippen LogP contribution in [-0.2, 0) is 12.8 Å². The van der Waals surface area contributed by atoms with Crippen molar-refractivity contribution in [2.75, 3.05) is 59.2 Å². The highest BCUT2D eigenvalue weighted by atomic mass is 16.5. The van der Waals surface area contributed by atoms with E-state index in [2.05, 4.69) is 16.8 Å². The predicted molar refractivity (Wildman–Crippen MR) is 132 cm³/mol. The van der Waals surface area contributed by atoms with Crippen molar-refractivity contribution in [2.24, 2.45) is 0 Å². The SMILES string of the molecule is CN1CCCCC1.COc1cc2c(N)c3c(nc2cc1OCCCN1CCCC1)CCC3. The summed E-state index contributed by atoms with van der Waals surface area (Å²) in [7, 11) is 3.87. The molecule has 6 heteroatoms. The van der Waals surface area contributed by atoms with E-state index in [0.29, 0.717) is 6.61 Å². The van der Waals surface area contributed by atoms with Crippen LogP contribution in [0, 0.1) is 0 Å². The first kappa shape index (κ1) is 23.1. The van der Waals surface area contributed by atoms with Gasteiger partial charge in [0.1, 0.15) is 0 Å². The minimum absolute atomic E-state index is 0.693. The number of benzene rings is 1. The molecule has 0 atom stereocenters. The molecule has 5 rings (SSSR count). The normalized spacial score (nSPS) is 18.9. The van der Waals surface area contributed by atoms with E-state index < -0.39 is 0 Å². The Bertz CT molecular complexity index is 889. The van der Waals surface area contributed by atoms with E-state index in [1.54, 1.807) is 7.11 Å². The Morgan fingerprint density at radius 1 is 0.938 bits per heavy atom. The first-order valence-electron chi connectivity index (χ1n) is 12.5. The second kappa shape index (κ2) is 11.2. The molecule has 32 heavy (non-hydrogen) atoms. The monoisotopic (exact) mass is 440 g/mol. The lowest BCUT2D eigenvalue weighted by atomic mass is 10.1. The molecule has 0 saturated carbocycles. The summed E-state index contributed by atoms with van der Waals surface area (Å²) in [5.41, 5.74) is 10.5. The number of nitrogen functional groups attached to an aromatic ring is 1. The number of piperidine rings is 1. The van der Waals surface area contributed by atoms with Gasteiger partial charge in [0.05, 0.1) is 19.2 Å². The summed E-state index contributed by atoms with van der Waals surface area (Å²) in [6.45, 7) is 6.90. The van der Waals surface area contributed by atoms with Crippen molar-refractivity contribution in [1.82, 2.24) is 14.8 Å². The summed E-state index contributed by atoms with van der Waals surface area (Å²) < 4.78 is 11.6. The van der Waals surface area contributed by atoms with Crippen molar-refractivity contribution in [3.8, 4) is 11.5 Å². The molecule has 6 nitrogen and oxygen atoms in total. The quantitative estimate of drug-likeness (QED) is 0.677. The molecule has 2 N–H and O–H groups in total. The molecule has 176 valence electrons. The number of anilines is 1. The predicted octanol–water partition coefficient (Wildman–Crippen LogP) is 4.28. The summed E-state index contributed by atoms with van der Waals surface area (Å²) in [6, 6.07) is 3.96. The van der Waals surface area contributed by atoms with Gasteiger partial charge in [-0.1, -0.05) is 6.42 Å². The van der Waals surface area contributed by atoms with Gasteiger partial charge in [0.2, 0.25) is 0 Å². The van der Waals surface area contributed by atoms with E-state index in [-0.39, 0.29) is 0 Å². The molecule has 2 saturated heterocycles. The van der Waals surface area contributed by atoms with Crippen molar-refractivity contribution >= 4 is 16.6 Å². The molecular formula is C26H40N4O2. The Hall–Kier alpha value is -2.05. The van der Waals surface area contributed by atoms with E-state index in [0.717, 1.165) is 66.0 Å². The van der Waals surface area contributed by atoms with Crippen molar-refractivity contribution in [1.29, 1.82) is 0 Å². The van der Waals surface area contributed by atoms with E-state index in [9.17, 15) is 0 Å². The third-order valence-corrected chi connectivity index (χ3v) is 7.00. The van der Waals surface area contributed by atoms with Gasteiger partial charge in [0.15, 0.2) is 11.5 Å². The summed E-state index contributed by atoms with van der Waals surface area (Å²) >= 11 is 0. The zero-order valence-electron chi connectivity index (χ0n) is 20.0. The van der Waals surface area contributed by atoms with Crippen molar-refractivity contribution < 1.29 is 9.47 Å². The maximum absolute atomic E-state index is 6.39. The molecule has 3 heterocycles. The molecule has 2 aromatic rings. The van der Waals surface area contributed by atoms with Crippen LogP contribution in [0.25, 0.3) is 10.9 Å². The molecule has 0 spiro atoms. The largest absolute Gasteiger partial charge is 0.493 e. The zero-order valence-corrected chi connectivity index (χ0v) is 20.0. The number of nitrogens with two attached hydrogens (primary N) is 1. The Morgan fingerprint density at radius 2 is 1.69 bits per heavy atom. The number of aromatic nitrogens is 1. The molecule has 1 aromatic carbocycles. The fraction of sp³-hybridized carbons (Fsp3) is 0.654. The van der Waals surface area contributed by atoms with Gasteiger partial charge in [-0.05, 0) is 96.2 Å². The van der Waals surface area contributed by atoms with Gasteiger partial charge in [-0.25, -0.2) is 0 Å². The van der Waals surface area contributed by atoms with Crippen LogP contribution < -0.4 is 15.2 Å². The second-order valence-electron chi connectivity index (χ2n) is 9.44. The van der Waals surface area contributed by atoms with Crippen LogP contribution in [0.15, 0.2) is 12.1 Å². The highest BCUT2D eigenvalue weighted by molar-refractivity contribution is 5.94. The zero-order chi connectivity index (χ0) is 22.3. The molecule has 0 bridgehead atoms. The van der Waals surface area contributed by atoms with Crippen molar-refractivity contribution in [3.05, 3.63) is 23.4 Å². The standard InChI is InChI=1S/C20H27N3O2.C6H13N/c1-24-18-12-15-17(22-16-7-4-6-14(16)20(15)21)13-19(18)25-11-5-10-23-8-2-3-9-23;1-7-5-3-2-4-6-7/h12-13H,2-11H2,1H3,(H2,21,22);2-6H2,1H3. The molecule has 0 amide bonds. The van der Waals surface area contributed by atoms with Crippen molar-refractivity contribution in [2.45, 2.75) is 57.8 Å². The summed E-state index contributed by atoms with van der Waals surface area (Å²) in [5.74, 6) is 1.50. The average molecular weight is 441 g/mol. The summed E-state index contributed by atoms with van der Waals surface area (Å²) in [5, 5.41) is 0.974. The van der Waals surface area contributed by atoms with Crippen LogP contribution in [0.3, 0.4) is 0 Å². The van der Waals surface area contributed by atoms with Crippen LogP contribution in [0.1, 0.15) is 56.2 Å². The third kappa shape index (κ3) is 5.65. The van der Waals surface area contributed by atoms with Gasteiger partial charge in [-0.2, -0.15) is 0 Å². The van der Waals surface area contributed by atoms with Gasteiger partial charge in [-0.15, -0.1) is 0 Å². The van der Waals surface area contributed by atoms with Crippen LogP contribution >= 0.6 is 0 Å². The maximum Gasteiger partial charge on any atom is 0.163 e. The van der Waals surface area contributed by atoms with Crippen LogP contribution in [0.4, 0.5) is 5.69 Å². The van der Waals surface area contributed by atoms with E-state index in [1.807, 2.05) is 12.1 Å². The van der Waals surface area contributed by atoms with Crippen LogP contribution in [-0.4, -0.2) is 68.3 Å². The molecule has 2 fully saturated rings. The highest BCUT2D eigenvalue weighted by Gasteiger charge is 2.20. The number of nitrogens with zero attached hydrogens (tertiary/aromatic N) is 3. The van der Waals surface area contributed by atoms with Crippen molar-refractivity contribution in [3.63, 3.8) is 0 Å². The number of fused-ring (bicyclic) bond motifs is 2. The van der Waals surface area contributed by atoms with Gasteiger partial charge in [0.25, 0.3) is 0 Å². The number of methoxy groups -OCH3 is 1. The minimum Gasteiger partial charge on any atom is -0.493 e. The van der Waals surface area contributed by atoms with E-state index >= 15 is 0 Å². The highest BCUT2D eigenvalue weighted by Crippen LogP contribution is 2.38. The molecule has 3 aliphatic rings. The smallest absolute Gasteiger partial charge is 0.163 e. The lowest BCUT2D eigenvalue weighted by Gasteiger charge is -2.20. The number of likely N-dealkylation sites (tertiary alicyclic amines) is 2. The molecule has 1 aromatic heterocycles. The molecule has 0 unspecified atom stereocenters. The Labute approximate surface area is 193 Å². The maximum atomic E-state index is 6.39. The topological polar surface area (TPSA) is 63.9 Å². The lowest BCUT2D eigenvalue weighted by molar-refractivity contribution is 0.254. The number of rotatable bonds is 6. The number of aryl methyl sites for hydroxylation is 1. The number of hydrogen-bond acceptors (Lipinski definition) is 6. The minimum atomic E-state index is 0.693. The van der Waals surface area contributed by atoms with Crippen LogP contribution in [0.2, 0.25) is 0 Å². The number of ether oxygens (including phenoxy) is 2. The lowest BCUT2D eigenvalue weighted by Crippen LogP contribution is -2.24. The molecular weight excluding hydrogens is 400 g/mol. The number of hydrogen-bond donors (Lipinski definition) is 1. The van der Waals surface area contributed by atoms with Crippen LogP contribution in [0.5, 0.6) is 11.5 Å². The Morgan fingerprint density at radius 3 is 2.38 bits per heavy atom. The molecule has 0 radical (unpaired) electrons. The fourth-order valence-corrected chi connectivity index (χ4v) is 5.11. The average Bonchev–Trinajstić information content (AvgIpc) is 3.50. The first-order valence-corrected chi connectivity index (χ1v) is 12.5. The number of pyridine rings is 1. The molecule has 1 aliphatic carbocycles. The van der Waals surface area contributed by atoms with Gasteiger partial charge < -0.3 is 25.0 Å². The van der Waals surface area contributed by atoms with E-state index in [4.69, 9.17) is 20.2 Å². The molecule has 2 aliphatic heterocycles. The second-order valence-corrected chi connectivity index (χ2v) is 9.44. The third-order valence-electron chi connectivity index (χ3n) is 7.00. The van der Waals surface area contributed by atoms with Gasteiger partial charge >= 0.3 is 0 Å². The van der Waals surface area contributed by atoms with Gasteiger partial charge in [-0.3, -0.25) is 4.98 Å².